The monoisotopic (exact) mass is 310 g/mol. The highest BCUT2D eigenvalue weighted by atomic mass is 32.2. The lowest BCUT2D eigenvalue weighted by molar-refractivity contribution is 0.0113. The van der Waals surface area contributed by atoms with E-state index in [0.717, 1.165) is 17.3 Å². The summed E-state index contributed by atoms with van der Waals surface area (Å²) >= 11 is 2.09. The van der Waals surface area contributed by atoms with Gasteiger partial charge in [0.05, 0.1) is 0 Å². The average Bonchev–Trinajstić information content (AvgIpc) is 2.56. The van der Waals surface area contributed by atoms with Crippen LogP contribution in [0, 0.1) is 0 Å². The number of rotatable bonds is 3. The highest BCUT2D eigenvalue weighted by Crippen LogP contribution is 2.36. The third kappa shape index (κ3) is 3.61. The molecule has 2 aliphatic carbocycles. The minimum Gasteiger partial charge on any atom is -0.308 e. The SMILES string of the molecule is CCC1CNC2(CCCCC2)CN1C1CCC(SC)CC1. The van der Waals surface area contributed by atoms with Crippen molar-refractivity contribution in [1.29, 1.82) is 0 Å². The molecule has 1 unspecified atom stereocenters. The van der Waals surface area contributed by atoms with Gasteiger partial charge in [-0.15, -0.1) is 0 Å². The van der Waals surface area contributed by atoms with Crippen LogP contribution < -0.4 is 5.32 Å². The Hall–Kier alpha value is 0.270. The second-order valence-corrected chi connectivity index (χ2v) is 8.76. The molecule has 122 valence electrons. The van der Waals surface area contributed by atoms with Crippen molar-refractivity contribution in [3.8, 4) is 0 Å². The van der Waals surface area contributed by atoms with Gasteiger partial charge in [0.2, 0.25) is 0 Å². The standard InChI is InChI=1S/C18H34N2S/c1-3-15-13-19-18(11-5-4-6-12-18)14-20(15)16-7-9-17(21-2)10-8-16/h15-17,19H,3-14H2,1-2H3. The van der Waals surface area contributed by atoms with Gasteiger partial charge in [0.1, 0.15) is 0 Å². The molecule has 0 aromatic heterocycles. The number of hydrogen-bond acceptors (Lipinski definition) is 3. The number of nitrogens with zero attached hydrogens (tertiary/aromatic N) is 1. The van der Waals surface area contributed by atoms with E-state index in [9.17, 15) is 0 Å². The van der Waals surface area contributed by atoms with Crippen molar-refractivity contribution in [1.82, 2.24) is 10.2 Å². The van der Waals surface area contributed by atoms with E-state index < -0.39 is 0 Å². The Morgan fingerprint density at radius 3 is 2.43 bits per heavy atom. The Morgan fingerprint density at radius 1 is 1.10 bits per heavy atom. The van der Waals surface area contributed by atoms with Crippen molar-refractivity contribution in [3.05, 3.63) is 0 Å². The van der Waals surface area contributed by atoms with E-state index in [4.69, 9.17) is 0 Å². The molecule has 0 amide bonds. The number of thioether (sulfide) groups is 1. The van der Waals surface area contributed by atoms with Crippen LogP contribution in [0.2, 0.25) is 0 Å². The molecule has 2 saturated carbocycles. The molecule has 1 heterocycles. The third-order valence-corrected chi connectivity index (χ3v) is 7.53. The Kier molecular flexibility index (Phi) is 5.55. The van der Waals surface area contributed by atoms with Gasteiger partial charge in [-0.25, -0.2) is 0 Å². The van der Waals surface area contributed by atoms with Gasteiger partial charge in [0.15, 0.2) is 0 Å². The summed E-state index contributed by atoms with van der Waals surface area (Å²) < 4.78 is 0. The first-order valence-corrected chi connectivity index (χ1v) is 10.6. The van der Waals surface area contributed by atoms with Crippen molar-refractivity contribution in [2.75, 3.05) is 19.3 Å². The molecule has 1 spiro atoms. The fourth-order valence-corrected chi connectivity index (χ4v) is 5.71. The lowest BCUT2D eigenvalue weighted by Crippen LogP contribution is -2.66. The van der Waals surface area contributed by atoms with Crippen molar-refractivity contribution >= 4 is 11.8 Å². The lowest BCUT2D eigenvalue weighted by atomic mass is 9.78. The fourth-order valence-electron chi connectivity index (χ4n) is 4.97. The summed E-state index contributed by atoms with van der Waals surface area (Å²) in [6.45, 7) is 4.95. The highest BCUT2D eigenvalue weighted by Gasteiger charge is 2.42. The minimum absolute atomic E-state index is 0.472. The third-order valence-electron chi connectivity index (χ3n) is 6.39. The number of nitrogens with one attached hydrogen (secondary N) is 1. The van der Waals surface area contributed by atoms with Crippen LogP contribution in [0.5, 0.6) is 0 Å². The molecule has 0 aromatic rings. The first-order chi connectivity index (χ1) is 10.3. The van der Waals surface area contributed by atoms with Gasteiger partial charge in [-0.3, -0.25) is 4.90 Å². The summed E-state index contributed by atoms with van der Waals surface area (Å²) in [5.74, 6) is 0. The molecule has 3 fully saturated rings. The zero-order valence-electron chi connectivity index (χ0n) is 14.1. The zero-order chi connectivity index (χ0) is 14.7. The molecule has 3 aliphatic rings. The predicted molar refractivity (Wildman–Crippen MR) is 94.2 cm³/mol. The van der Waals surface area contributed by atoms with E-state index in [1.807, 2.05) is 0 Å². The molecular weight excluding hydrogens is 276 g/mol. The average molecular weight is 311 g/mol. The van der Waals surface area contributed by atoms with Crippen LogP contribution in [-0.4, -0.2) is 47.1 Å². The van der Waals surface area contributed by atoms with Gasteiger partial charge in [0.25, 0.3) is 0 Å². The van der Waals surface area contributed by atoms with Crippen molar-refractivity contribution < 1.29 is 0 Å². The molecule has 1 aliphatic heterocycles. The zero-order valence-corrected chi connectivity index (χ0v) is 14.9. The van der Waals surface area contributed by atoms with Gasteiger partial charge in [-0.05, 0) is 51.2 Å². The van der Waals surface area contributed by atoms with Gasteiger partial charge in [-0.2, -0.15) is 11.8 Å². The van der Waals surface area contributed by atoms with E-state index in [2.05, 4.69) is 35.2 Å². The van der Waals surface area contributed by atoms with E-state index >= 15 is 0 Å². The van der Waals surface area contributed by atoms with E-state index in [1.165, 1.54) is 77.3 Å². The number of piperazine rings is 1. The van der Waals surface area contributed by atoms with Crippen LogP contribution in [0.1, 0.15) is 71.1 Å². The molecule has 1 N–H and O–H groups in total. The maximum Gasteiger partial charge on any atom is 0.0309 e. The van der Waals surface area contributed by atoms with Gasteiger partial charge in [-0.1, -0.05) is 26.2 Å². The van der Waals surface area contributed by atoms with Gasteiger partial charge in [0, 0.05) is 36.0 Å². The second-order valence-electron chi connectivity index (χ2n) is 7.62. The smallest absolute Gasteiger partial charge is 0.0309 e. The van der Waals surface area contributed by atoms with E-state index in [-0.39, 0.29) is 0 Å². The maximum atomic E-state index is 3.98. The van der Waals surface area contributed by atoms with Crippen molar-refractivity contribution in [2.24, 2.45) is 0 Å². The normalized spacial score (nSPS) is 37.7. The van der Waals surface area contributed by atoms with Gasteiger partial charge < -0.3 is 5.32 Å². The molecule has 3 rings (SSSR count). The van der Waals surface area contributed by atoms with Crippen molar-refractivity contribution in [3.63, 3.8) is 0 Å². The van der Waals surface area contributed by atoms with Crippen LogP contribution in [-0.2, 0) is 0 Å². The van der Waals surface area contributed by atoms with Crippen LogP contribution in [0.15, 0.2) is 0 Å². The highest BCUT2D eigenvalue weighted by molar-refractivity contribution is 7.99. The maximum absolute atomic E-state index is 3.98. The Bertz CT molecular complexity index is 319. The second kappa shape index (κ2) is 7.23. The first kappa shape index (κ1) is 16.1. The summed E-state index contributed by atoms with van der Waals surface area (Å²) in [4.78, 5) is 2.94. The summed E-state index contributed by atoms with van der Waals surface area (Å²) in [6.07, 6.45) is 16.6. The van der Waals surface area contributed by atoms with Crippen LogP contribution in [0.4, 0.5) is 0 Å². The molecule has 3 heteroatoms. The number of hydrogen-bond donors (Lipinski definition) is 1. The fraction of sp³-hybridized carbons (Fsp3) is 1.00. The summed E-state index contributed by atoms with van der Waals surface area (Å²) in [5.41, 5.74) is 0.472. The van der Waals surface area contributed by atoms with Crippen molar-refractivity contribution in [2.45, 2.75) is 94.0 Å². The molecule has 0 aromatic carbocycles. The molecule has 21 heavy (non-hydrogen) atoms. The minimum atomic E-state index is 0.472. The van der Waals surface area contributed by atoms with Crippen LogP contribution >= 0.6 is 11.8 Å². The van der Waals surface area contributed by atoms with Crippen LogP contribution in [0.3, 0.4) is 0 Å². The van der Waals surface area contributed by atoms with E-state index in [0.29, 0.717) is 5.54 Å². The van der Waals surface area contributed by atoms with Gasteiger partial charge >= 0.3 is 0 Å². The Morgan fingerprint density at radius 2 is 1.81 bits per heavy atom. The molecule has 2 nitrogen and oxygen atoms in total. The first-order valence-electron chi connectivity index (χ1n) is 9.30. The Labute approximate surface area is 135 Å². The summed E-state index contributed by atoms with van der Waals surface area (Å²) in [5, 5.41) is 4.92. The van der Waals surface area contributed by atoms with Crippen LogP contribution in [0.25, 0.3) is 0 Å². The molecular formula is C18H34N2S. The summed E-state index contributed by atoms with van der Waals surface area (Å²) in [6, 6.07) is 1.66. The predicted octanol–water partition coefficient (Wildman–Crippen LogP) is 4.05. The molecule has 1 atom stereocenters. The quantitative estimate of drug-likeness (QED) is 0.846. The lowest BCUT2D eigenvalue weighted by Gasteiger charge is -2.53. The Balaban J connectivity index is 1.65. The molecule has 0 bridgehead atoms. The molecule has 1 saturated heterocycles. The summed E-state index contributed by atoms with van der Waals surface area (Å²) in [7, 11) is 0. The largest absolute Gasteiger partial charge is 0.308 e. The molecule has 0 radical (unpaired) electrons. The topological polar surface area (TPSA) is 15.3 Å². The van der Waals surface area contributed by atoms with E-state index in [1.54, 1.807) is 0 Å².